The second-order valence-corrected chi connectivity index (χ2v) is 4.77. The van der Waals surface area contributed by atoms with Crippen LogP contribution in [0.25, 0.3) is 0 Å². The maximum atomic E-state index is 12.3. The number of aromatic nitrogens is 2. The van der Waals surface area contributed by atoms with Crippen molar-refractivity contribution in [1.82, 2.24) is 9.97 Å². The standard InChI is InChI=1S/C18H12N4O2/c19-12-16-18(21-10-9-20-16)24-15-8-4-5-13(11-15)17(23)22-14-6-2-1-3-7-14/h1-11H,(H,22,23). The zero-order valence-electron chi connectivity index (χ0n) is 12.5. The van der Waals surface area contributed by atoms with E-state index in [2.05, 4.69) is 15.3 Å². The summed E-state index contributed by atoms with van der Waals surface area (Å²) >= 11 is 0. The van der Waals surface area contributed by atoms with E-state index in [0.717, 1.165) is 0 Å². The van der Waals surface area contributed by atoms with E-state index >= 15 is 0 Å². The van der Waals surface area contributed by atoms with Crippen LogP contribution >= 0.6 is 0 Å². The quantitative estimate of drug-likeness (QED) is 0.797. The number of nitrogens with one attached hydrogen (secondary N) is 1. The predicted octanol–water partition coefficient (Wildman–Crippen LogP) is 3.39. The molecule has 1 heterocycles. The van der Waals surface area contributed by atoms with Crippen LogP contribution in [0.2, 0.25) is 0 Å². The molecule has 0 aliphatic heterocycles. The Morgan fingerprint density at radius 3 is 2.62 bits per heavy atom. The lowest BCUT2D eigenvalue weighted by Gasteiger charge is -2.08. The zero-order valence-corrected chi connectivity index (χ0v) is 12.5. The van der Waals surface area contributed by atoms with E-state index in [-0.39, 0.29) is 17.5 Å². The largest absolute Gasteiger partial charge is 0.436 e. The van der Waals surface area contributed by atoms with Gasteiger partial charge in [-0.1, -0.05) is 24.3 Å². The zero-order chi connectivity index (χ0) is 16.8. The maximum absolute atomic E-state index is 12.3. The van der Waals surface area contributed by atoms with Gasteiger partial charge in [0.25, 0.3) is 11.8 Å². The van der Waals surface area contributed by atoms with E-state index in [1.807, 2.05) is 24.3 Å². The van der Waals surface area contributed by atoms with Gasteiger partial charge in [-0.3, -0.25) is 4.79 Å². The Balaban J connectivity index is 1.79. The molecule has 1 aromatic heterocycles. The number of nitriles is 1. The van der Waals surface area contributed by atoms with Crippen molar-refractivity contribution < 1.29 is 9.53 Å². The molecule has 0 bridgehead atoms. The number of nitrogens with zero attached hydrogens (tertiary/aromatic N) is 3. The molecule has 0 fully saturated rings. The lowest BCUT2D eigenvalue weighted by atomic mass is 10.2. The van der Waals surface area contributed by atoms with Crippen molar-refractivity contribution in [3.05, 3.63) is 78.2 Å². The molecule has 0 saturated carbocycles. The molecule has 3 aromatic rings. The summed E-state index contributed by atoms with van der Waals surface area (Å²) in [5.41, 5.74) is 1.21. The van der Waals surface area contributed by atoms with Crippen LogP contribution in [0.1, 0.15) is 16.1 Å². The Bertz CT molecular complexity index is 904. The van der Waals surface area contributed by atoms with Gasteiger partial charge < -0.3 is 10.1 Å². The topological polar surface area (TPSA) is 87.9 Å². The van der Waals surface area contributed by atoms with Gasteiger partial charge in [0.15, 0.2) is 0 Å². The number of hydrogen-bond acceptors (Lipinski definition) is 5. The first-order chi connectivity index (χ1) is 11.8. The molecule has 0 aliphatic carbocycles. The molecule has 1 amide bonds. The third-order valence-electron chi connectivity index (χ3n) is 3.11. The summed E-state index contributed by atoms with van der Waals surface area (Å²) in [5, 5.41) is 11.8. The molecular formula is C18H12N4O2. The summed E-state index contributed by atoms with van der Waals surface area (Å²) in [5.74, 6) is 0.236. The van der Waals surface area contributed by atoms with E-state index < -0.39 is 0 Å². The monoisotopic (exact) mass is 316 g/mol. The van der Waals surface area contributed by atoms with E-state index in [1.165, 1.54) is 12.4 Å². The van der Waals surface area contributed by atoms with Crippen molar-refractivity contribution in [2.45, 2.75) is 0 Å². The average Bonchev–Trinajstić information content (AvgIpc) is 2.63. The van der Waals surface area contributed by atoms with Crippen LogP contribution in [0.3, 0.4) is 0 Å². The Morgan fingerprint density at radius 1 is 1.04 bits per heavy atom. The smallest absolute Gasteiger partial charge is 0.256 e. The predicted molar refractivity (Wildman–Crippen MR) is 87.7 cm³/mol. The van der Waals surface area contributed by atoms with Gasteiger partial charge in [-0.25, -0.2) is 9.97 Å². The number of carbonyl (C=O) groups excluding carboxylic acids is 1. The van der Waals surface area contributed by atoms with E-state index in [9.17, 15) is 4.79 Å². The van der Waals surface area contributed by atoms with Crippen LogP contribution in [-0.4, -0.2) is 15.9 Å². The number of anilines is 1. The lowest BCUT2D eigenvalue weighted by Crippen LogP contribution is -2.11. The minimum absolute atomic E-state index is 0.0802. The first kappa shape index (κ1) is 15.2. The van der Waals surface area contributed by atoms with Crippen molar-refractivity contribution in [2.75, 3.05) is 5.32 Å². The second kappa shape index (κ2) is 7.03. The number of rotatable bonds is 4. The summed E-state index contributed by atoms with van der Waals surface area (Å²) < 4.78 is 5.57. The lowest BCUT2D eigenvalue weighted by molar-refractivity contribution is 0.102. The summed E-state index contributed by atoms with van der Waals surface area (Å²) in [7, 11) is 0. The molecule has 116 valence electrons. The number of ether oxygens (including phenoxy) is 1. The summed E-state index contributed by atoms with van der Waals surface area (Å²) in [6, 6.07) is 17.7. The molecule has 0 spiro atoms. The Kier molecular flexibility index (Phi) is 4.45. The molecule has 0 unspecified atom stereocenters. The summed E-state index contributed by atoms with van der Waals surface area (Å²) in [6.45, 7) is 0. The Morgan fingerprint density at radius 2 is 1.83 bits per heavy atom. The minimum Gasteiger partial charge on any atom is -0.436 e. The molecule has 0 radical (unpaired) electrons. The van der Waals surface area contributed by atoms with E-state index in [0.29, 0.717) is 17.0 Å². The van der Waals surface area contributed by atoms with Gasteiger partial charge in [-0.15, -0.1) is 0 Å². The normalized spacial score (nSPS) is 9.79. The average molecular weight is 316 g/mol. The molecule has 6 nitrogen and oxygen atoms in total. The third-order valence-corrected chi connectivity index (χ3v) is 3.11. The van der Waals surface area contributed by atoms with Gasteiger partial charge in [0.1, 0.15) is 11.8 Å². The minimum atomic E-state index is -0.258. The van der Waals surface area contributed by atoms with E-state index in [4.69, 9.17) is 10.00 Å². The maximum Gasteiger partial charge on any atom is 0.256 e. The first-order valence-corrected chi connectivity index (χ1v) is 7.11. The van der Waals surface area contributed by atoms with Gasteiger partial charge in [0.05, 0.1) is 0 Å². The second-order valence-electron chi connectivity index (χ2n) is 4.77. The third kappa shape index (κ3) is 3.54. The fourth-order valence-corrected chi connectivity index (χ4v) is 2.01. The molecule has 0 saturated heterocycles. The van der Waals surface area contributed by atoms with Crippen LogP contribution in [0, 0.1) is 11.3 Å². The SMILES string of the molecule is N#Cc1nccnc1Oc1cccc(C(=O)Nc2ccccc2)c1. The fraction of sp³-hybridized carbons (Fsp3) is 0. The molecule has 0 aliphatic rings. The van der Waals surface area contributed by atoms with Gasteiger partial charge in [-0.05, 0) is 30.3 Å². The van der Waals surface area contributed by atoms with Gasteiger partial charge in [0.2, 0.25) is 5.69 Å². The van der Waals surface area contributed by atoms with Crippen LogP contribution in [0.15, 0.2) is 67.0 Å². The van der Waals surface area contributed by atoms with Crippen molar-refractivity contribution in [3.8, 4) is 17.7 Å². The van der Waals surface area contributed by atoms with Gasteiger partial charge in [0, 0.05) is 23.6 Å². The van der Waals surface area contributed by atoms with Gasteiger partial charge in [-0.2, -0.15) is 5.26 Å². The molecular weight excluding hydrogens is 304 g/mol. The van der Waals surface area contributed by atoms with Crippen molar-refractivity contribution >= 4 is 11.6 Å². The highest BCUT2D eigenvalue weighted by atomic mass is 16.5. The van der Waals surface area contributed by atoms with Crippen LogP contribution in [0.4, 0.5) is 5.69 Å². The number of para-hydroxylation sites is 1. The molecule has 0 atom stereocenters. The highest BCUT2D eigenvalue weighted by Gasteiger charge is 2.10. The molecule has 24 heavy (non-hydrogen) atoms. The molecule has 2 aromatic carbocycles. The first-order valence-electron chi connectivity index (χ1n) is 7.11. The van der Waals surface area contributed by atoms with Crippen molar-refractivity contribution in [2.24, 2.45) is 0 Å². The number of benzene rings is 2. The molecule has 3 rings (SSSR count). The van der Waals surface area contributed by atoms with Crippen molar-refractivity contribution in [3.63, 3.8) is 0 Å². The van der Waals surface area contributed by atoms with Crippen LogP contribution in [-0.2, 0) is 0 Å². The number of amides is 1. The van der Waals surface area contributed by atoms with Crippen LogP contribution in [0.5, 0.6) is 11.6 Å². The molecule has 1 N–H and O–H groups in total. The number of carbonyl (C=O) groups is 1. The fourth-order valence-electron chi connectivity index (χ4n) is 2.01. The van der Waals surface area contributed by atoms with Crippen molar-refractivity contribution in [1.29, 1.82) is 5.26 Å². The summed E-state index contributed by atoms with van der Waals surface area (Å²) in [6.07, 6.45) is 2.84. The number of hydrogen-bond donors (Lipinski definition) is 1. The summed E-state index contributed by atoms with van der Waals surface area (Å²) in [4.78, 5) is 20.2. The van der Waals surface area contributed by atoms with Crippen LogP contribution < -0.4 is 10.1 Å². The highest BCUT2D eigenvalue weighted by Crippen LogP contribution is 2.22. The molecule has 6 heteroatoms. The highest BCUT2D eigenvalue weighted by molar-refractivity contribution is 6.04. The Hall–Kier alpha value is -3.72. The Labute approximate surface area is 138 Å². The van der Waals surface area contributed by atoms with Gasteiger partial charge >= 0.3 is 0 Å². The van der Waals surface area contributed by atoms with E-state index in [1.54, 1.807) is 36.4 Å².